The van der Waals surface area contributed by atoms with Crippen molar-refractivity contribution in [1.29, 1.82) is 0 Å². The molecule has 0 radical (unpaired) electrons. The van der Waals surface area contributed by atoms with Crippen molar-refractivity contribution < 1.29 is 4.89 Å². The van der Waals surface area contributed by atoms with Crippen molar-refractivity contribution in [3.63, 3.8) is 0 Å². The predicted octanol–water partition coefficient (Wildman–Crippen LogP) is 3.61. The Labute approximate surface area is 99.9 Å². The zero-order valence-electron chi connectivity index (χ0n) is 10.8. The quantitative estimate of drug-likeness (QED) is 0.753. The fourth-order valence-corrected chi connectivity index (χ4v) is 7.52. The molecule has 16 heavy (non-hydrogen) atoms. The summed E-state index contributed by atoms with van der Waals surface area (Å²) in [6.45, 7) is 3.87. The van der Waals surface area contributed by atoms with Gasteiger partial charge in [0.25, 0.3) is 0 Å². The molecule has 1 rings (SSSR count). The number of hydrogen-bond acceptors (Lipinski definition) is 1. The summed E-state index contributed by atoms with van der Waals surface area (Å²) in [5, 5.41) is 1.21. The summed E-state index contributed by atoms with van der Waals surface area (Å²) < 4.78 is 0. The van der Waals surface area contributed by atoms with Crippen LogP contribution in [0.2, 0.25) is 0 Å². The molecule has 0 heterocycles. The van der Waals surface area contributed by atoms with Crippen molar-refractivity contribution in [3.05, 3.63) is 30.3 Å². The summed E-state index contributed by atoms with van der Waals surface area (Å²) in [7, 11) is 0. The second-order valence-electron chi connectivity index (χ2n) is 4.77. The van der Waals surface area contributed by atoms with E-state index in [2.05, 4.69) is 32.9 Å². The molecule has 0 unspecified atom stereocenters. The first-order chi connectivity index (χ1) is 7.59. The van der Waals surface area contributed by atoms with Crippen molar-refractivity contribution in [1.82, 2.24) is 0 Å². The van der Waals surface area contributed by atoms with Crippen LogP contribution in [0.5, 0.6) is 0 Å². The topological polar surface area (TPSA) is 20.2 Å². The Balaban J connectivity index is 3.22. The Morgan fingerprint density at radius 1 is 0.938 bits per heavy atom. The van der Waals surface area contributed by atoms with Gasteiger partial charge < -0.3 is 0 Å². The van der Waals surface area contributed by atoms with Crippen LogP contribution in [0.4, 0.5) is 0 Å². The maximum atomic E-state index is 11.4. The molecule has 0 bridgehead atoms. The molecule has 2 heteroatoms. The number of hydrogen-bond donors (Lipinski definition) is 1. The monoisotopic (exact) mass is 240 g/mol. The Bertz CT molecular complexity index is 315. The minimum atomic E-state index is -2.63. The van der Waals surface area contributed by atoms with Gasteiger partial charge in [-0.15, -0.1) is 0 Å². The molecule has 92 valence electrons. The van der Waals surface area contributed by atoms with E-state index in [0.29, 0.717) is 0 Å². The first-order valence-electron chi connectivity index (χ1n) is 6.40. The summed E-state index contributed by atoms with van der Waals surface area (Å²) in [5.74, 6) is 0. The summed E-state index contributed by atoms with van der Waals surface area (Å²) in [4.78, 5) is 11.4. The predicted molar refractivity (Wildman–Crippen MR) is 76.1 cm³/mol. The summed E-state index contributed by atoms with van der Waals surface area (Å²) in [6.07, 6.45) is 4.99. The Kier molecular flexibility index (Phi) is 4.52. The van der Waals surface area contributed by atoms with Crippen molar-refractivity contribution in [2.24, 2.45) is 0 Å². The third-order valence-corrected chi connectivity index (χ3v) is 9.79. The maximum absolute atomic E-state index is 11.4. The van der Waals surface area contributed by atoms with E-state index >= 15 is 0 Å². The van der Waals surface area contributed by atoms with Gasteiger partial charge in [-0.05, 0) is 0 Å². The van der Waals surface area contributed by atoms with Gasteiger partial charge in [-0.3, -0.25) is 0 Å². The molecule has 1 nitrogen and oxygen atoms in total. The van der Waals surface area contributed by atoms with E-state index in [1.807, 2.05) is 18.2 Å². The zero-order valence-corrected chi connectivity index (χ0v) is 11.7. The molecule has 1 N–H and O–H groups in total. The number of benzene rings is 1. The molecular formula is C14H25OP. The van der Waals surface area contributed by atoms with Crippen molar-refractivity contribution in [2.45, 2.75) is 33.6 Å². The van der Waals surface area contributed by atoms with Crippen molar-refractivity contribution >= 4 is 12.1 Å². The van der Waals surface area contributed by atoms with E-state index in [1.54, 1.807) is 0 Å². The fourth-order valence-electron chi connectivity index (χ4n) is 2.74. The summed E-state index contributed by atoms with van der Waals surface area (Å²) in [5.41, 5.74) is 0. The van der Waals surface area contributed by atoms with E-state index in [4.69, 9.17) is 0 Å². The van der Waals surface area contributed by atoms with Crippen LogP contribution in [0.25, 0.3) is 0 Å². The Morgan fingerprint density at radius 3 is 1.81 bits per heavy atom. The average molecular weight is 240 g/mol. The van der Waals surface area contributed by atoms with Gasteiger partial charge in [0.2, 0.25) is 0 Å². The van der Waals surface area contributed by atoms with E-state index < -0.39 is 6.83 Å². The third kappa shape index (κ3) is 2.47. The van der Waals surface area contributed by atoms with Crippen LogP contribution in [0, 0.1) is 0 Å². The SMILES string of the molecule is CCCP(O)(CC)(CCC)c1ccccc1. The van der Waals surface area contributed by atoms with Crippen molar-refractivity contribution in [2.75, 3.05) is 18.5 Å². The van der Waals surface area contributed by atoms with Gasteiger partial charge in [0.05, 0.1) is 0 Å². The van der Waals surface area contributed by atoms with Crippen LogP contribution in [-0.4, -0.2) is 23.4 Å². The van der Waals surface area contributed by atoms with Crippen LogP contribution >= 0.6 is 6.83 Å². The third-order valence-electron chi connectivity index (χ3n) is 3.67. The number of rotatable bonds is 6. The van der Waals surface area contributed by atoms with Crippen LogP contribution in [0.1, 0.15) is 33.6 Å². The molecule has 0 fully saturated rings. The normalized spacial score (nSPS) is 14.4. The van der Waals surface area contributed by atoms with E-state index in [0.717, 1.165) is 31.3 Å². The summed E-state index contributed by atoms with van der Waals surface area (Å²) in [6, 6.07) is 10.4. The first-order valence-corrected chi connectivity index (χ1v) is 9.15. The van der Waals surface area contributed by atoms with E-state index in [9.17, 15) is 4.89 Å². The molecule has 0 saturated carbocycles. The molecule has 0 aromatic heterocycles. The average Bonchev–Trinajstić information content (AvgIpc) is 2.31. The molecule has 0 atom stereocenters. The second kappa shape index (κ2) is 5.29. The molecule has 0 aliphatic carbocycles. The standard InChI is InChI=1S/C14H25OP/c1-4-12-16(15,6-3,13-5-2)14-10-8-7-9-11-14/h7-11,15H,4-6,12-13H2,1-3H3. The Hall–Kier alpha value is -0.390. The molecule has 0 saturated heterocycles. The molecule has 0 spiro atoms. The van der Waals surface area contributed by atoms with Crippen LogP contribution < -0.4 is 5.30 Å². The molecule has 0 amide bonds. The van der Waals surface area contributed by atoms with Gasteiger partial charge in [0.1, 0.15) is 0 Å². The van der Waals surface area contributed by atoms with Gasteiger partial charge in [-0.2, -0.15) is 0 Å². The molecule has 1 aromatic rings. The van der Waals surface area contributed by atoms with Gasteiger partial charge in [-0.1, -0.05) is 0 Å². The minimum absolute atomic E-state index is 0.914. The Morgan fingerprint density at radius 2 is 1.44 bits per heavy atom. The fraction of sp³-hybridized carbons (Fsp3) is 0.571. The summed E-state index contributed by atoms with van der Waals surface area (Å²) >= 11 is 0. The van der Waals surface area contributed by atoms with Gasteiger partial charge in [-0.25, -0.2) is 0 Å². The van der Waals surface area contributed by atoms with E-state index in [-0.39, 0.29) is 0 Å². The van der Waals surface area contributed by atoms with E-state index in [1.165, 1.54) is 5.30 Å². The molecule has 1 aromatic carbocycles. The van der Waals surface area contributed by atoms with Crippen molar-refractivity contribution in [3.8, 4) is 0 Å². The van der Waals surface area contributed by atoms with Crippen LogP contribution in [-0.2, 0) is 0 Å². The van der Waals surface area contributed by atoms with Gasteiger partial charge >= 0.3 is 99.5 Å². The molecule has 0 aliphatic heterocycles. The zero-order chi connectivity index (χ0) is 12.1. The van der Waals surface area contributed by atoms with Gasteiger partial charge in [0.15, 0.2) is 0 Å². The van der Waals surface area contributed by atoms with Crippen LogP contribution in [0.15, 0.2) is 30.3 Å². The molecule has 0 aliphatic rings. The second-order valence-corrected chi connectivity index (χ2v) is 10.2. The van der Waals surface area contributed by atoms with Crippen LogP contribution in [0.3, 0.4) is 0 Å². The first kappa shape index (κ1) is 13.7. The van der Waals surface area contributed by atoms with Gasteiger partial charge in [0, 0.05) is 0 Å². The molecular weight excluding hydrogens is 215 g/mol.